The first kappa shape index (κ1) is 26.0. The van der Waals surface area contributed by atoms with Gasteiger partial charge in [-0.3, -0.25) is 4.79 Å². The monoisotopic (exact) mass is 561 g/mol. The van der Waals surface area contributed by atoms with Crippen molar-refractivity contribution < 1.29 is 14.3 Å². The first-order valence-corrected chi connectivity index (χ1v) is 13.5. The van der Waals surface area contributed by atoms with E-state index in [0.29, 0.717) is 24.1 Å². The Bertz CT molecular complexity index is 1020. The molecule has 2 fully saturated rings. The van der Waals surface area contributed by atoms with Crippen LogP contribution in [0.25, 0.3) is 0 Å². The topological polar surface area (TPSA) is 61.9 Å². The van der Waals surface area contributed by atoms with Gasteiger partial charge in [0.15, 0.2) is 0 Å². The number of carbonyl (C=O) groups excluding carboxylic acids is 2. The molecule has 4 rings (SSSR count). The Labute approximate surface area is 221 Å². The summed E-state index contributed by atoms with van der Waals surface area (Å²) in [4.78, 5) is 29.9. The van der Waals surface area contributed by atoms with Gasteiger partial charge in [0.1, 0.15) is 0 Å². The minimum absolute atomic E-state index is 0.182. The number of benzene rings is 2. The highest BCUT2D eigenvalue weighted by molar-refractivity contribution is 9.10. The second-order valence-corrected chi connectivity index (χ2v) is 10.8. The Morgan fingerprint density at radius 1 is 1.14 bits per heavy atom. The molecule has 2 amide bonds. The lowest BCUT2D eigenvalue weighted by Gasteiger charge is -2.38. The number of piperidine rings is 1. The number of amides is 2. The summed E-state index contributed by atoms with van der Waals surface area (Å²) >= 11 is 9.67. The Kier molecular flexibility index (Phi) is 8.73. The maximum absolute atomic E-state index is 13.4. The van der Waals surface area contributed by atoms with Crippen LogP contribution in [-0.4, -0.2) is 54.6 Å². The summed E-state index contributed by atoms with van der Waals surface area (Å²) in [6.07, 6.45) is 3.03. The van der Waals surface area contributed by atoms with Gasteiger partial charge < -0.3 is 19.9 Å². The van der Waals surface area contributed by atoms with E-state index in [9.17, 15) is 9.59 Å². The van der Waals surface area contributed by atoms with E-state index < -0.39 is 6.09 Å². The average molecular weight is 563 g/mol. The SMILES string of the molecule is CCOC(=O)NC(CCN1CCC2(CC1)CCN(Cc1ccc(Br)cc1)C2=O)c1cccc(Cl)c1. The quantitative estimate of drug-likeness (QED) is 0.442. The standard InChI is InChI=1S/C27H33BrClN3O3/c1-2-35-26(34)30-24(21-4-3-5-23(29)18-21)10-14-31-15-11-27(12-16-31)13-17-32(25(27)33)19-20-6-8-22(28)9-7-20/h3-9,18,24H,2,10-17,19H2,1H3,(H,30,34). The van der Waals surface area contributed by atoms with Gasteiger partial charge in [0.25, 0.3) is 0 Å². The second kappa shape index (κ2) is 11.8. The lowest BCUT2D eigenvalue weighted by Crippen LogP contribution is -2.45. The highest BCUT2D eigenvalue weighted by atomic mass is 79.9. The molecule has 2 aromatic carbocycles. The minimum Gasteiger partial charge on any atom is -0.450 e. The van der Waals surface area contributed by atoms with Crippen LogP contribution in [0.15, 0.2) is 53.0 Å². The number of nitrogens with one attached hydrogen (secondary N) is 1. The van der Waals surface area contributed by atoms with E-state index in [1.54, 1.807) is 6.92 Å². The van der Waals surface area contributed by atoms with Crippen molar-refractivity contribution in [2.24, 2.45) is 5.41 Å². The van der Waals surface area contributed by atoms with Crippen molar-refractivity contribution in [1.29, 1.82) is 0 Å². The molecule has 2 aliphatic rings. The van der Waals surface area contributed by atoms with Crippen LogP contribution in [0.1, 0.15) is 49.8 Å². The summed E-state index contributed by atoms with van der Waals surface area (Å²) in [5, 5.41) is 3.62. The summed E-state index contributed by atoms with van der Waals surface area (Å²) in [6, 6.07) is 15.6. The number of likely N-dealkylation sites (tertiary alicyclic amines) is 2. The summed E-state index contributed by atoms with van der Waals surface area (Å²) < 4.78 is 6.16. The zero-order valence-electron chi connectivity index (χ0n) is 20.1. The Morgan fingerprint density at radius 3 is 2.54 bits per heavy atom. The third kappa shape index (κ3) is 6.57. The maximum atomic E-state index is 13.4. The fourth-order valence-corrected chi connectivity index (χ4v) is 5.66. The molecule has 1 atom stereocenters. The summed E-state index contributed by atoms with van der Waals surface area (Å²) in [5.74, 6) is 0.306. The molecule has 0 aromatic heterocycles. The van der Waals surface area contributed by atoms with Crippen molar-refractivity contribution >= 4 is 39.5 Å². The fraction of sp³-hybridized carbons (Fsp3) is 0.481. The average Bonchev–Trinajstić information content (AvgIpc) is 3.14. The van der Waals surface area contributed by atoms with Gasteiger partial charge in [0.05, 0.1) is 18.1 Å². The molecule has 0 saturated carbocycles. The van der Waals surface area contributed by atoms with Crippen molar-refractivity contribution in [3.8, 4) is 0 Å². The van der Waals surface area contributed by atoms with Crippen LogP contribution in [0.4, 0.5) is 4.79 Å². The largest absolute Gasteiger partial charge is 0.450 e. The smallest absolute Gasteiger partial charge is 0.407 e. The van der Waals surface area contributed by atoms with Gasteiger partial charge in [0, 0.05) is 29.1 Å². The molecular formula is C27H33BrClN3O3. The molecule has 35 heavy (non-hydrogen) atoms. The van der Waals surface area contributed by atoms with Gasteiger partial charge in [-0.1, -0.05) is 51.8 Å². The zero-order valence-corrected chi connectivity index (χ0v) is 22.5. The lowest BCUT2D eigenvalue weighted by atomic mass is 9.77. The number of nitrogens with zero attached hydrogens (tertiary/aromatic N) is 2. The molecule has 1 spiro atoms. The number of rotatable bonds is 8. The van der Waals surface area contributed by atoms with Gasteiger partial charge in [-0.25, -0.2) is 4.79 Å². The van der Waals surface area contributed by atoms with Gasteiger partial charge >= 0.3 is 6.09 Å². The van der Waals surface area contributed by atoms with Crippen LogP contribution in [0, 0.1) is 5.41 Å². The molecule has 1 unspecified atom stereocenters. The highest BCUT2D eigenvalue weighted by Crippen LogP contribution is 2.42. The maximum Gasteiger partial charge on any atom is 0.407 e. The van der Waals surface area contributed by atoms with E-state index in [1.807, 2.05) is 41.3 Å². The van der Waals surface area contributed by atoms with Crippen molar-refractivity contribution in [3.63, 3.8) is 0 Å². The molecule has 8 heteroatoms. The van der Waals surface area contributed by atoms with E-state index in [1.165, 1.54) is 0 Å². The molecule has 2 saturated heterocycles. The second-order valence-electron chi connectivity index (χ2n) is 9.49. The number of alkyl carbamates (subject to hydrolysis) is 1. The predicted octanol–water partition coefficient (Wildman–Crippen LogP) is 5.79. The molecule has 0 bridgehead atoms. The molecule has 2 heterocycles. The third-order valence-electron chi connectivity index (χ3n) is 7.25. The van der Waals surface area contributed by atoms with Crippen molar-refractivity contribution in [1.82, 2.24) is 15.1 Å². The Morgan fingerprint density at radius 2 is 1.86 bits per heavy atom. The van der Waals surface area contributed by atoms with Gasteiger partial charge in [-0.15, -0.1) is 0 Å². The van der Waals surface area contributed by atoms with Gasteiger partial charge in [0.2, 0.25) is 5.91 Å². The molecule has 6 nitrogen and oxygen atoms in total. The first-order valence-electron chi connectivity index (χ1n) is 12.3. The molecule has 2 aromatic rings. The van der Waals surface area contributed by atoms with Crippen LogP contribution in [-0.2, 0) is 16.1 Å². The van der Waals surface area contributed by atoms with E-state index in [2.05, 4.69) is 38.3 Å². The van der Waals surface area contributed by atoms with Crippen LogP contribution in [0.5, 0.6) is 0 Å². The van der Waals surface area contributed by atoms with Crippen LogP contribution >= 0.6 is 27.5 Å². The Hall–Kier alpha value is -2.09. The summed E-state index contributed by atoms with van der Waals surface area (Å²) in [7, 11) is 0. The molecule has 0 radical (unpaired) electrons. The van der Waals surface area contributed by atoms with Crippen molar-refractivity contribution in [3.05, 3.63) is 69.2 Å². The number of halogens is 2. The molecule has 1 N–H and O–H groups in total. The van der Waals surface area contributed by atoms with E-state index >= 15 is 0 Å². The fourth-order valence-electron chi connectivity index (χ4n) is 5.19. The first-order chi connectivity index (χ1) is 16.9. The minimum atomic E-state index is -0.419. The third-order valence-corrected chi connectivity index (χ3v) is 8.02. The van der Waals surface area contributed by atoms with Crippen LogP contribution in [0.2, 0.25) is 5.02 Å². The molecular weight excluding hydrogens is 530 g/mol. The lowest BCUT2D eigenvalue weighted by molar-refractivity contribution is -0.138. The van der Waals surface area contributed by atoms with Crippen molar-refractivity contribution in [2.45, 2.75) is 45.2 Å². The van der Waals surface area contributed by atoms with Crippen molar-refractivity contribution in [2.75, 3.05) is 32.8 Å². The highest BCUT2D eigenvalue weighted by Gasteiger charge is 2.47. The van der Waals surface area contributed by atoms with E-state index in [4.69, 9.17) is 16.3 Å². The molecule has 188 valence electrons. The molecule has 2 aliphatic heterocycles. The number of hydrogen-bond acceptors (Lipinski definition) is 4. The summed E-state index contributed by atoms with van der Waals surface area (Å²) in [5.41, 5.74) is 1.91. The van der Waals surface area contributed by atoms with Gasteiger partial charge in [-0.2, -0.15) is 0 Å². The number of carbonyl (C=O) groups is 2. The molecule has 0 aliphatic carbocycles. The predicted molar refractivity (Wildman–Crippen MR) is 141 cm³/mol. The summed E-state index contributed by atoms with van der Waals surface area (Å²) in [6.45, 7) is 6.24. The zero-order chi connectivity index (χ0) is 24.8. The van der Waals surface area contributed by atoms with E-state index in [-0.39, 0.29) is 11.5 Å². The Balaban J connectivity index is 1.31. The van der Waals surface area contributed by atoms with Crippen LogP contribution in [0.3, 0.4) is 0 Å². The normalized spacial score (nSPS) is 18.6. The van der Waals surface area contributed by atoms with Gasteiger partial charge in [-0.05, 0) is 81.1 Å². The van der Waals surface area contributed by atoms with Crippen LogP contribution < -0.4 is 5.32 Å². The number of ether oxygens (including phenoxy) is 1. The number of hydrogen-bond donors (Lipinski definition) is 1. The van der Waals surface area contributed by atoms with E-state index in [0.717, 1.165) is 67.5 Å².